The number of fused-ring (bicyclic) bond motifs is 1. The third-order valence-corrected chi connectivity index (χ3v) is 3.81. The fourth-order valence-corrected chi connectivity index (χ4v) is 2.78. The Labute approximate surface area is 135 Å². The number of aromatic nitrogens is 3. The lowest BCUT2D eigenvalue weighted by atomic mass is 10.2. The molecule has 0 radical (unpaired) electrons. The second-order valence-corrected chi connectivity index (χ2v) is 5.98. The molecule has 0 saturated heterocycles. The van der Waals surface area contributed by atoms with E-state index in [1.807, 2.05) is 0 Å². The van der Waals surface area contributed by atoms with E-state index in [2.05, 4.69) is 9.97 Å². The van der Waals surface area contributed by atoms with Gasteiger partial charge in [0.2, 0.25) is 0 Å². The second kappa shape index (κ2) is 5.44. The Morgan fingerprint density at radius 1 is 1.24 bits per heavy atom. The number of alkyl halides is 1. The Morgan fingerprint density at radius 2 is 1.90 bits per heavy atom. The number of halogens is 4. The zero-order valence-corrected chi connectivity index (χ0v) is 13.1. The summed E-state index contributed by atoms with van der Waals surface area (Å²) in [6, 6.07) is 4.79. The number of hydrogen-bond acceptors (Lipinski definition) is 2. The Morgan fingerprint density at radius 3 is 2.52 bits per heavy atom. The fraction of sp³-hybridized carbons (Fsp3) is 0.143. The standard InChI is InChI=1S/C14H9Cl3FN3/c1-7(15)14-20-11-6-19-3-2-12(11)21(14)8-4-9(16)13(18)10(17)5-8/h2-7H,1H3. The molecule has 0 aliphatic heterocycles. The van der Waals surface area contributed by atoms with Gasteiger partial charge < -0.3 is 0 Å². The van der Waals surface area contributed by atoms with Crippen LogP contribution in [0.3, 0.4) is 0 Å². The van der Waals surface area contributed by atoms with Gasteiger partial charge in [0.05, 0.1) is 32.8 Å². The average Bonchev–Trinajstić information content (AvgIpc) is 2.84. The number of hydrogen-bond donors (Lipinski definition) is 0. The number of benzene rings is 1. The van der Waals surface area contributed by atoms with E-state index in [4.69, 9.17) is 34.8 Å². The molecule has 0 aliphatic rings. The summed E-state index contributed by atoms with van der Waals surface area (Å²) in [6.45, 7) is 1.80. The maximum Gasteiger partial charge on any atom is 0.160 e. The summed E-state index contributed by atoms with van der Waals surface area (Å²) in [5, 5.41) is -0.455. The molecule has 2 aromatic heterocycles. The molecule has 0 N–H and O–H groups in total. The van der Waals surface area contributed by atoms with Crippen molar-refractivity contribution < 1.29 is 4.39 Å². The highest BCUT2D eigenvalue weighted by molar-refractivity contribution is 6.35. The number of rotatable bonds is 2. The zero-order chi connectivity index (χ0) is 15.1. The summed E-state index contributed by atoms with van der Waals surface area (Å²) in [5.41, 5.74) is 2.09. The Bertz CT molecular complexity index is 806. The van der Waals surface area contributed by atoms with Gasteiger partial charge in [0.1, 0.15) is 11.3 Å². The molecule has 3 rings (SSSR count). The summed E-state index contributed by atoms with van der Waals surface area (Å²) in [7, 11) is 0. The van der Waals surface area contributed by atoms with Crippen LogP contribution in [-0.2, 0) is 0 Å². The van der Waals surface area contributed by atoms with Gasteiger partial charge in [-0.15, -0.1) is 11.6 Å². The van der Waals surface area contributed by atoms with Crippen LogP contribution in [0.15, 0.2) is 30.6 Å². The summed E-state index contributed by atoms with van der Waals surface area (Å²) >= 11 is 18.0. The van der Waals surface area contributed by atoms with E-state index < -0.39 is 5.82 Å². The minimum absolute atomic E-state index is 0.0541. The molecule has 1 atom stereocenters. The van der Waals surface area contributed by atoms with Crippen molar-refractivity contribution >= 4 is 45.8 Å². The lowest BCUT2D eigenvalue weighted by Crippen LogP contribution is -2.02. The van der Waals surface area contributed by atoms with Crippen LogP contribution in [0.25, 0.3) is 16.7 Å². The van der Waals surface area contributed by atoms with Crippen LogP contribution in [0.5, 0.6) is 0 Å². The van der Waals surface area contributed by atoms with Crippen molar-refractivity contribution in [2.75, 3.05) is 0 Å². The molecular weight excluding hydrogens is 336 g/mol. The topological polar surface area (TPSA) is 30.7 Å². The minimum Gasteiger partial charge on any atom is -0.295 e. The maximum atomic E-state index is 13.6. The summed E-state index contributed by atoms with van der Waals surface area (Å²) in [6.07, 6.45) is 3.29. The van der Waals surface area contributed by atoms with Gasteiger partial charge in [0.15, 0.2) is 5.82 Å². The molecule has 108 valence electrons. The molecule has 0 spiro atoms. The molecule has 2 heterocycles. The van der Waals surface area contributed by atoms with Crippen molar-refractivity contribution in [3.63, 3.8) is 0 Å². The SMILES string of the molecule is CC(Cl)c1nc2cnccc2n1-c1cc(Cl)c(F)c(Cl)c1. The minimum atomic E-state index is -0.645. The molecule has 1 aromatic carbocycles. The van der Waals surface area contributed by atoms with Gasteiger partial charge in [-0.05, 0) is 25.1 Å². The predicted molar refractivity (Wildman–Crippen MR) is 83.1 cm³/mol. The highest BCUT2D eigenvalue weighted by Gasteiger charge is 2.18. The first-order chi connectivity index (χ1) is 9.99. The Kier molecular flexibility index (Phi) is 3.78. The van der Waals surface area contributed by atoms with E-state index in [-0.39, 0.29) is 15.4 Å². The summed E-state index contributed by atoms with van der Waals surface area (Å²) < 4.78 is 15.4. The van der Waals surface area contributed by atoms with Gasteiger partial charge in [-0.3, -0.25) is 9.55 Å². The van der Waals surface area contributed by atoms with Crippen molar-refractivity contribution in [2.24, 2.45) is 0 Å². The Hall–Kier alpha value is -1.36. The third-order valence-electron chi connectivity index (χ3n) is 3.07. The van der Waals surface area contributed by atoms with Crippen LogP contribution in [0, 0.1) is 5.82 Å². The van der Waals surface area contributed by atoms with Crippen molar-refractivity contribution in [2.45, 2.75) is 12.3 Å². The maximum absolute atomic E-state index is 13.6. The normalized spacial score (nSPS) is 12.8. The van der Waals surface area contributed by atoms with Crippen LogP contribution >= 0.6 is 34.8 Å². The number of imidazole rings is 1. The van der Waals surface area contributed by atoms with E-state index >= 15 is 0 Å². The molecule has 0 amide bonds. The lowest BCUT2D eigenvalue weighted by Gasteiger charge is -2.12. The first kappa shape index (κ1) is 14.6. The van der Waals surface area contributed by atoms with Crippen LogP contribution in [0.2, 0.25) is 10.0 Å². The smallest absolute Gasteiger partial charge is 0.160 e. The van der Waals surface area contributed by atoms with Gasteiger partial charge in [-0.25, -0.2) is 9.37 Å². The van der Waals surface area contributed by atoms with E-state index in [0.29, 0.717) is 17.0 Å². The van der Waals surface area contributed by atoms with Crippen LogP contribution in [0.4, 0.5) is 4.39 Å². The Balaban J connectivity index is 2.35. The van der Waals surface area contributed by atoms with Crippen LogP contribution < -0.4 is 0 Å². The third kappa shape index (κ3) is 2.48. The van der Waals surface area contributed by atoms with E-state index in [9.17, 15) is 4.39 Å². The largest absolute Gasteiger partial charge is 0.295 e. The van der Waals surface area contributed by atoms with E-state index in [1.54, 1.807) is 30.0 Å². The van der Waals surface area contributed by atoms with Crippen molar-refractivity contribution in [1.82, 2.24) is 14.5 Å². The predicted octanol–water partition coefficient (Wildman–Crippen LogP) is 5.17. The molecule has 1 unspecified atom stereocenters. The van der Waals surface area contributed by atoms with Gasteiger partial charge in [0, 0.05) is 6.20 Å². The first-order valence-corrected chi connectivity index (χ1v) is 7.29. The molecule has 3 nitrogen and oxygen atoms in total. The molecule has 7 heteroatoms. The summed E-state index contributed by atoms with van der Waals surface area (Å²) in [4.78, 5) is 8.50. The number of pyridine rings is 1. The molecule has 0 saturated carbocycles. The zero-order valence-electron chi connectivity index (χ0n) is 10.8. The molecule has 21 heavy (non-hydrogen) atoms. The van der Waals surface area contributed by atoms with Gasteiger partial charge >= 0.3 is 0 Å². The summed E-state index contributed by atoms with van der Waals surface area (Å²) in [5.74, 6) is -0.0351. The second-order valence-electron chi connectivity index (χ2n) is 4.51. The molecule has 0 aliphatic carbocycles. The van der Waals surface area contributed by atoms with Crippen molar-refractivity contribution in [1.29, 1.82) is 0 Å². The van der Waals surface area contributed by atoms with Gasteiger partial charge in [-0.1, -0.05) is 23.2 Å². The highest BCUT2D eigenvalue weighted by atomic mass is 35.5. The van der Waals surface area contributed by atoms with Gasteiger partial charge in [0.25, 0.3) is 0 Å². The number of nitrogens with zero attached hydrogens (tertiary/aromatic N) is 3. The van der Waals surface area contributed by atoms with Crippen LogP contribution in [0.1, 0.15) is 18.1 Å². The molecular formula is C14H9Cl3FN3. The first-order valence-electron chi connectivity index (χ1n) is 6.10. The average molecular weight is 345 g/mol. The quantitative estimate of drug-likeness (QED) is 0.474. The van der Waals surface area contributed by atoms with E-state index in [0.717, 1.165) is 5.52 Å². The monoisotopic (exact) mass is 343 g/mol. The van der Waals surface area contributed by atoms with Crippen LogP contribution in [-0.4, -0.2) is 14.5 Å². The van der Waals surface area contributed by atoms with Crippen molar-refractivity contribution in [3.05, 3.63) is 52.3 Å². The highest BCUT2D eigenvalue weighted by Crippen LogP contribution is 2.32. The molecule has 0 fully saturated rings. The molecule has 3 aromatic rings. The van der Waals surface area contributed by atoms with Gasteiger partial charge in [-0.2, -0.15) is 0 Å². The fourth-order valence-electron chi connectivity index (χ4n) is 2.16. The van der Waals surface area contributed by atoms with E-state index in [1.165, 1.54) is 12.1 Å². The molecule has 0 bridgehead atoms. The lowest BCUT2D eigenvalue weighted by molar-refractivity contribution is 0.628. The van der Waals surface area contributed by atoms with Crippen molar-refractivity contribution in [3.8, 4) is 5.69 Å².